The van der Waals surface area contributed by atoms with Crippen molar-refractivity contribution in [3.05, 3.63) is 29.6 Å². The smallest absolute Gasteiger partial charge is 0.242 e. The number of sulfonamides is 1. The average Bonchev–Trinajstić information content (AvgIpc) is 2.36. The van der Waals surface area contributed by atoms with Gasteiger partial charge in [0.15, 0.2) is 0 Å². The lowest BCUT2D eigenvalue weighted by Crippen LogP contribution is -2.35. The van der Waals surface area contributed by atoms with Crippen LogP contribution in [0.3, 0.4) is 0 Å². The van der Waals surface area contributed by atoms with Crippen LogP contribution in [0.2, 0.25) is 0 Å². The number of nitrogens with zero attached hydrogens (tertiary/aromatic N) is 1. The van der Waals surface area contributed by atoms with Gasteiger partial charge in [0.25, 0.3) is 0 Å². The molecule has 0 unspecified atom stereocenters. The van der Waals surface area contributed by atoms with Crippen molar-refractivity contribution in [1.82, 2.24) is 9.62 Å². The monoisotopic (exact) mass is 316 g/mol. The van der Waals surface area contributed by atoms with E-state index in [0.29, 0.717) is 12.1 Å². The summed E-state index contributed by atoms with van der Waals surface area (Å²) in [5.74, 6) is -0.399. The lowest BCUT2D eigenvalue weighted by atomic mass is 10.1. The van der Waals surface area contributed by atoms with Gasteiger partial charge in [-0.3, -0.25) is 0 Å². The van der Waals surface area contributed by atoms with E-state index in [2.05, 4.69) is 5.32 Å². The van der Waals surface area contributed by atoms with Gasteiger partial charge in [0.2, 0.25) is 10.0 Å². The van der Waals surface area contributed by atoms with E-state index in [4.69, 9.17) is 0 Å². The maximum Gasteiger partial charge on any atom is 0.242 e. The Balaban J connectivity index is 3.06. The molecule has 0 aliphatic heterocycles. The zero-order valence-corrected chi connectivity index (χ0v) is 14.2. The van der Waals surface area contributed by atoms with Crippen molar-refractivity contribution in [2.45, 2.75) is 51.1 Å². The van der Waals surface area contributed by atoms with E-state index in [9.17, 15) is 12.8 Å². The highest BCUT2D eigenvalue weighted by molar-refractivity contribution is 7.89. The second-order valence-electron chi connectivity index (χ2n) is 6.18. The van der Waals surface area contributed by atoms with Gasteiger partial charge in [-0.25, -0.2) is 17.1 Å². The van der Waals surface area contributed by atoms with Crippen molar-refractivity contribution >= 4 is 10.0 Å². The molecule has 0 atom stereocenters. The third-order valence-electron chi connectivity index (χ3n) is 3.07. The third kappa shape index (κ3) is 5.05. The van der Waals surface area contributed by atoms with Crippen LogP contribution in [0.1, 0.15) is 39.7 Å². The quantitative estimate of drug-likeness (QED) is 0.878. The lowest BCUT2D eigenvalue weighted by Gasteiger charge is -2.21. The van der Waals surface area contributed by atoms with Crippen LogP contribution in [0, 0.1) is 5.82 Å². The molecule has 0 saturated heterocycles. The van der Waals surface area contributed by atoms with E-state index in [-0.39, 0.29) is 17.0 Å². The predicted molar refractivity (Wildman–Crippen MR) is 83.1 cm³/mol. The molecule has 1 rings (SSSR count). The minimum Gasteiger partial charge on any atom is -0.308 e. The maximum atomic E-state index is 13.8. The normalized spacial score (nSPS) is 12.9. The summed E-state index contributed by atoms with van der Waals surface area (Å²) in [6.45, 7) is 8.56. The zero-order chi connectivity index (χ0) is 16.3. The molecule has 1 aromatic rings. The molecule has 6 heteroatoms. The second kappa shape index (κ2) is 6.85. The molecule has 0 amide bonds. The molecule has 0 aliphatic carbocycles. The predicted octanol–water partition coefficient (Wildman–Crippen LogP) is 2.74. The Bertz CT molecular complexity index is 580. The Kier molecular flexibility index (Phi) is 5.90. The first kappa shape index (κ1) is 18.1. The largest absolute Gasteiger partial charge is 0.308 e. The van der Waals surface area contributed by atoms with Crippen molar-refractivity contribution in [3.63, 3.8) is 0 Å². The van der Waals surface area contributed by atoms with Crippen LogP contribution in [0.4, 0.5) is 4.39 Å². The zero-order valence-electron chi connectivity index (χ0n) is 13.4. The topological polar surface area (TPSA) is 49.4 Å². The molecule has 0 aromatic heterocycles. The summed E-state index contributed by atoms with van der Waals surface area (Å²) in [5.41, 5.74) is 0.191. The van der Waals surface area contributed by atoms with E-state index >= 15 is 0 Å². The summed E-state index contributed by atoms with van der Waals surface area (Å²) in [4.78, 5) is 0.130. The van der Waals surface area contributed by atoms with Gasteiger partial charge in [0, 0.05) is 31.2 Å². The van der Waals surface area contributed by atoms with Crippen molar-refractivity contribution in [2.24, 2.45) is 0 Å². The fourth-order valence-electron chi connectivity index (χ4n) is 1.82. The van der Waals surface area contributed by atoms with Crippen LogP contribution >= 0.6 is 0 Å². The number of hydrogen-bond acceptors (Lipinski definition) is 3. The Morgan fingerprint density at radius 3 is 2.43 bits per heavy atom. The van der Waals surface area contributed by atoms with Gasteiger partial charge in [0.1, 0.15) is 5.82 Å². The van der Waals surface area contributed by atoms with E-state index < -0.39 is 15.8 Å². The number of halogens is 1. The molecule has 21 heavy (non-hydrogen) atoms. The minimum absolute atomic E-state index is 0.130. The van der Waals surface area contributed by atoms with Gasteiger partial charge >= 0.3 is 0 Å². The number of nitrogens with one attached hydrogen (secondary N) is 1. The van der Waals surface area contributed by atoms with Gasteiger partial charge in [-0.1, -0.05) is 6.92 Å². The molecule has 0 bridgehead atoms. The number of rotatable bonds is 6. The highest BCUT2D eigenvalue weighted by Crippen LogP contribution is 2.19. The van der Waals surface area contributed by atoms with E-state index in [0.717, 1.165) is 6.42 Å². The Labute approximate surface area is 127 Å². The van der Waals surface area contributed by atoms with Crippen LogP contribution in [-0.2, 0) is 16.6 Å². The summed E-state index contributed by atoms with van der Waals surface area (Å²) in [6.07, 6.45) is 0.732. The number of hydrogen-bond donors (Lipinski definition) is 1. The second-order valence-corrected chi connectivity index (χ2v) is 8.23. The standard InChI is InChI=1S/C15H25FN2O2S/c1-6-9-18(5)21(19,20)13-7-8-14(16)12(10-13)11-17-15(2,3)4/h7-8,10,17H,6,9,11H2,1-5H3. The lowest BCUT2D eigenvalue weighted by molar-refractivity contribution is 0.418. The van der Waals surface area contributed by atoms with Crippen molar-refractivity contribution in [2.75, 3.05) is 13.6 Å². The maximum absolute atomic E-state index is 13.8. The first-order valence-electron chi connectivity index (χ1n) is 7.07. The molecular formula is C15H25FN2O2S. The van der Waals surface area contributed by atoms with Crippen LogP contribution in [0.15, 0.2) is 23.1 Å². The highest BCUT2D eigenvalue weighted by Gasteiger charge is 2.21. The van der Waals surface area contributed by atoms with Crippen LogP contribution in [0.5, 0.6) is 0 Å². The molecule has 1 aromatic carbocycles. The molecule has 0 aliphatic rings. The summed E-state index contributed by atoms with van der Waals surface area (Å²) < 4.78 is 39.9. The average molecular weight is 316 g/mol. The summed E-state index contributed by atoms with van der Waals surface area (Å²) in [6, 6.07) is 3.94. The minimum atomic E-state index is -3.56. The fraction of sp³-hybridized carbons (Fsp3) is 0.600. The molecule has 0 spiro atoms. The van der Waals surface area contributed by atoms with Crippen LogP contribution in [-0.4, -0.2) is 31.9 Å². The van der Waals surface area contributed by atoms with Gasteiger partial charge in [-0.15, -0.1) is 0 Å². The van der Waals surface area contributed by atoms with Gasteiger partial charge < -0.3 is 5.32 Å². The molecule has 1 N–H and O–H groups in total. The molecule has 0 radical (unpaired) electrons. The van der Waals surface area contributed by atoms with E-state index in [1.165, 1.54) is 29.6 Å². The molecule has 120 valence electrons. The molecular weight excluding hydrogens is 291 g/mol. The first-order valence-corrected chi connectivity index (χ1v) is 8.51. The molecule has 4 nitrogen and oxygen atoms in total. The van der Waals surface area contributed by atoms with Crippen molar-refractivity contribution in [3.8, 4) is 0 Å². The SMILES string of the molecule is CCCN(C)S(=O)(=O)c1ccc(F)c(CNC(C)(C)C)c1. The molecule has 0 fully saturated rings. The Hall–Kier alpha value is -0.980. The summed E-state index contributed by atoms with van der Waals surface area (Å²) in [5, 5.41) is 3.16. The van der Waals surface area contributed by atoms with Gasteiger partial charge in [-0.05, 0) is 45.4 Å². The van der Waals surface area contributed by atoms with E-state index in [1.54, 1.807) is 0 Å². The van der Waals surface area contributed by atoms with Crippen molar-refractivity contribution < 1.29 is 12.8 Å². The third-order valence-corrected chi connectivity index (χ3v) is 4.93. The summed E-state index contributed by atoms with van der Waals surface area (Å²) in [7, 11) is -2.02. The Morgan fingerprint density at radius 2 is 1.90 bits per heavy atom. The highest BCUT2D eigenvalue weighted by atomic mass is 32.2. The molecule has 0 heterocycles. The van der Waals surface area contributed by atoms with Crippen LogP contribution in [0.25, 0.3) is 0 Å². The van der Waals surface area contributed by atoms with Crippen molar-refractivity contribution in [1.29, 1.82) is 0 Å². The summed E-state index contributed by atoms with van der Waals surface area (Å²) >= 11 is 0. The van der Waals surface area contributed by atoms with E-state index in [1.807, 2.05) is 27.7 Å². The van der Waals surface area contributed by atoms with Gasteiger partial charge in [-0.2, -0.15) is 0 Å². The number of benzene rings is 1. The van der Waals surface area contributed by atoms with Crippen LogP contribution < -0.4 is 5.32 Å². The Morgan fingerprint density at radius 1 is 1.29 bits per heavy atom. The first-order chi connectivity index (χ1) is 9.58. The van der Waals surface area contributed by atoms with Gasteiger partial charge in [0.05, 0.1) is 4.90 Å². The molecule has 0 saturated carbocycles. The fourth-order valence-corrected chi connectivity index (χ4v) is 3.14.